The lowest BCUT2D eigenvalue weighted by molar-refractivity contribution is -0.183. The van der Waals surface area contributed by atoms with Crippen molar-refractivity contribution in [3.8, 4) is 0 Å². The molecule has 0 aromatic rings. The highest BCUT2D eigenvalue weighted by Gasteiger charge is 2.41. The summed E-state index contributed by atoms with van der Waals surface area (Å²) in [6.45, 7) is 1.58. The molecule has 2 atom stereocenters. The van der Waals surface area contributed by atoms with Crippen molar-refractivity contribution in [1.29, 1.82) is 0 Å². The first-order valence-corrected chi connectivity index (χ1v) is 6.83. The summed E-state index contributed by atoms with van der Waals surface area (Å²) in [6.07, 6.45) is 1.20. The third-order valence-corrected chi connectivity index (χ3v) is 3.60. The molecule has 18 heavy (non-hydrogen) atoms. The van der Waals surface area contributed by atoms with Gasteiger partial charge < -0.3 is 10.1 Å². The van der Waals surface area contributed by atoms with E-state index >= 15 is 0 Å². The summed E-state index contributed by atoms with van der Waals surface area (Å²) in [5, 5.41) is 3.26. The highest BCUT2D eigenvalue weighted by molar-refractivity contribution is 4.81. The van der Waals surface area contributed by atoms with Crippen LogP contribution in [0.4, 0.5) is 13.2 Å². The summed E-state index contributed by atoms with van der Waals surface area (Å²) in [5.74, 6) is -1.10. The van der Waals surface area contributed by atoms with E-state index in [0.717, 1.165) is 38.8 Å². The quantitative estimate of drug-likeness (QED) is 0.713. The fourth-order valence-electron chi connectivity index (χ4n) is 2.53. The fraction of sp³-hybridized carbons (Fsp3) is 1.00. The Hall–Kier alpha value is -0.290. The molecule has 108 valence electrons. The molecule has 0 heterocycles. The zero-order chi connectivity index (χ0) is 13.4. The molecule has 1 aliphatic carbocycles. The largest absolute Gasteiger partial charge is 0.391 e. The molecule has 0 aromatic carbocycles. The Bertz CT molecular complexity index is 221. The summed E-state index contributed by atoms with van der Waals surface area (Å²) < 4.78 is 42.7. The second kappa shape index (κ2) is 8.00. The van der Waals surface area contributed by atoms with Gasteiger partial charge in [-0.2, -0.15) is 13.2 Å². The minimum Gasteiger partial charge on any atom is -0.385 e. The molecule has 0 aliphatic heterocycles. The standard InChI is InChI=1S/C13H24F3NO/c1-18-9-4-2-3-8-17-12-7-5-6-11(10-12)13(14,15)16/h11-12,17H,2-10H2,1H3. The average Bonchev–Trinajstić information content (AvgIpc) is 2.33. The highest BCUT2D eigenvalue weighted by atomic mass is 19.4. The van der Waals surface area contributed by atoms with Gasteiger partial charge in [0.1, 0.15) is 0 Å². The van der Waals surface area contributed by atoms with Crippen molar-refractivity contribution in [3.63, 3.8) is 0 Å². The van der Waals surface area contributed by atoms with E-state index in [1.54, 1.807) is 7.11 Å². The monoisotopic (exact) mass is 267 g/mol. The maximum atomic E-state index is 12.6. The van der Waals surface area contributed by atoms with Gasteiger partial charge in [-0.1, -0.05) is 6.42 Å². The number of hydrogen-bond donors (Lipinski definition) is 1. The molecule has 0 spiro atoms. The van der Waals surface area contributed by atoms with Crippen LogP contribution in [0.3, 0.4) is 0 Å². The Balaban J connectivity index is 2.11. The first kappa shape index (κ1) is 15.8. The second-order valence-corrected chi connectivity index (χ2v) is 5.11. The molecule has 0 aromatic heterocycles. The van der Waals surface area contributed by atoms with E-state index in [1.807, 2.05) is 0 Å². The number of unbranched alkanes of at least 4 members (excludes halogenated alkanes) is 2. The third-order valence-electron chi connectivity index (χ3n) is 3.60. The average molecular weight is 267 g/mol. The van der Waals surface area contributed by atoms with Crippen molar-refractivity contribution in [2.75, 3.05) is 20.3 Å². The molecular formula is C13H24F3NO. The number of alkyl halides is 3. The van der Waals surface area contributed by atoms with Crippen molar-refractivity contribution in [3.05, 3.63) is 0 Å². The van der Waals surface area contributed by atoms with Gasteiger partial charge in [-0.25, -0.2) is 0 Å². The maximum absolute atomic E-state index is 12.6. The minimum atomic E-state index is -4.02. The van der Waals surface area contributed by atoms with Crippen LogP contribution in [0.25, 0.3) is 0 Å². The summed E-state index contributed by atoms with van der Waals surface area (Å²) in [6, 6.07) is 0.0489. The summed E-state index contributed by atoms with van der Waals surface area (Å²) in [4.78, 5) is 0. The molecule has 1 N–H and O–H groups in total. The zero-order valence-electron chi connectivity index (χ0n) is 11.1. The summed E-state index contributed by atoms with van der Waals surface area (Å²) in [5.41, 5.74) is 0. The van der Waals surface area contributed by atoms with Crippen molar-refractivity contribution < 1.29 is 17.9 Å². The molecule has 0 saturated heterocycles. The Morgan fingerprint density at radius 2 is 1.94 bits per heavy atom. The Morgan fingerprint density at radius 3 is 2.61 bits per heavy atom. The van der Waals surface area contributed by atoms with Crippen LogP contribution in [0.2, 0.25) is 0 Å². The lowest BCUT2D eigenvalue weighted by Crippen LogP contribution is -2.39. The van der Waals surface area contributed by atoms with Crippen LogP contribution in [-0.4, -0.2) is 32.5 Å². The van der Waals surface area contributed by atoms with E-state index in [2.05, 4.69) is 5.32 Å². The van der Waals surface area contributed by atoms with Crippen LogP contribution < -0.4 is 5.32 Å². The molecule has 1 aliphatic rings. The minimum absolute atomic E-state index is 0.0489. The molecule has 5 heteroatoms. The van der Waals surface area contributed by atoms with E-state index in [1.165, 1.54) is 0 Å². The van der Waals surface area contributed by atoms with Crippen molar-refractivity contribution in [1.82, 2.24) is 5.32 Å². The fourth-order valence-corrected chi connectivity index (χ4v) is 2.53. The lowest BCUT2D eigenvalue weighted by atomic mass is 9.85. The maximum Gasteiger partial charge on any atom is 0.391 e. The number of nitrogens with one attached hydrogen (secondary N) is 1. The molecule has 2 unspecified atom stereocenters. The number of hydrogen-bond acceptors (Lipinski definition) is 2. The second-order valence-electron chi connectivity index (χ2n) is 5.11. The molecule has 0 bridgehead atoms. The number of methoxy groups -OCH3 is 1. The van der Waals surface area contributed by atoms with E-state index in [9.17, 15) is 13.2 Å². The third kappa shape index (κ3) is 6.05. The van der Waals surface area contributed by atoms with Gasteiger partial charge in [0.15, 0.2) is 0 Å². The van der Waals surface area contributed by atoms with Crippen LogP contribution in [0.1, 0.15) is 44.9 Å². The van der Waals surface area contributed by atoms with Crippen LogP contribution in [0.15, 0.2) is 0 Å². The van der Waals surface area contributed by atoms with Gasteiger partial charge in [0.05, 0.1) is 5.92 Å². The van der Waals surface area contributed by atoms with Crippen LogP contribution in [0, 0.1) is 5.92 Å². The van der Waals surface area contributed by atoms with Crippen molar-refractivity contribution >= 4 is 0 Å². The molecule has 0 radical (unpaired) electrons. The molecule has 2 nitrogen and oxygen atoms in total. The van der Waals surface area contributed by atoms with Gasteiger partial charge >= 0.3 is 6.18 Å². The predicted octanol–water partition coefficient (Wildman–Crippen LogP) is 3.51. The number of ether oxygens (including phenoxy) is 1. The van der Waals surface area contributed by atoms with Gasteiger partial charge in [-0.15, -0.1) is 0 Å². The predicted molar refractivity (Wildman–Crippen MR) is 65.5 cm³/mol. The van der Waals surface area contributed by atoms with E-state index in [4.69, 9.17) is 4.74 Å². The van der Waals surface area contributed by atoms with Gasteiger partial charge in [0.25, 0.3) is 0 Å². The number of rotatable bonds is 7. The smallest absolute Gasteiger partial charge is 0.385 e. The van der Waals surface area contributed by atoms with Crippen LogP contribution in [0.5, 0.6) is 0 Å². The highest BCUT2D eigenvalue weighted by Crippen LogP contribution is 2.37. The normalized spacial score (nSPS) is 25.3. The van der Waals surface area contributed by atoms with E-state index < -0.39 is 12.1 Å². The Kier molecular flexibility index (Phi) is 7.00. The zero-order valence-corrected chi connectivity index (χ0v) is 11.1. The summed E-state index contributed by atoms with van der Waals surface area (Å²) in [7, 11) is 1.68. The SMILES string of the molecule is COCCCCCNC1CCCC(C(F)(F)F)C1. The van der Waals surface area contributed by atoms with Crippen molar-refractivity contribution in [2.24, 2.45) is 5.92 Å². The molecule has 1 fully saturated rings. The first-order valence-electron chi connectivity index (χ1n) is 6.83. The van der Waals surface area contributed by atoms with Crippen LogP contribution >= 0.6 is 0 Å². The van der Waals surface area contributed by atoms with Gasteiger partial charge in [-0.3, -0.25) is 0 Å². The van der Waals surface area contributed by atoms with Crippen molar-refractivity contribution in [2.45, 2.75) is 57.2 Å². The topological polar surface area (TPSA) is 21.3 Å². The Morgan fingerprint density at radius 1 is 1.17 bits per heavy atom. The van der Waals surface area contributed by atoms with E-state index in [0.29, 0.717) is 12.8 Å². The van der Waals surface area contributed by atoms with Gasteiger partial charge in [-0.05, 0) is 45.1 Å². The summed E-state index contributed by atoms with van der Waals surface area (Å²) >= 11 is 0. The first-order chi connectivity index (χ1) is 8.54. The van der Waals surface area contributed by atoms with E-state index in [-0.39, 0.29) is 12.5 Å². The van der Waals surface area contributed by atoms with Gasteiger partial charge in [0.2, 0.25) is 0 Å². The van der Waals surface area contributed by atoms with Gasteiger partial charge in [0, 0.05) is 19.8 Å². The van der Waals surface area contributed by atoms with Crippen LogP contribution in [-0.2, 0) is 4.74 Å². The lowest BCUT2D eigenvalue weighted by Gasteiger charge is -2.31. The molecule has 1 rings (SSSR count). The molecular weight excluding hydrogens is 243 g/mol. The molecule has 1 saturated carbocycles. The molecule has 0 amide bonds. The number of halogens is 3. The Labute approximate surface area is 107 Å².